The molecule has 3 rings (SSSR count). The van der Waals surface area contributed by atoms with E-state index in [1.807, 2.05) is 85.8 Å². The average molecular weight is 584 g/mol. The van der Waals surface area contributed by atoms with E-state index < -0.39 is 6.04 Å². The Bertz CT molecular complexity index is 1090. The van der Waals surface area contributed by atoms with E-state index in [1.165, 1.54) is 0 Å². The molecule has 0 unspecified atom stereocenters. The van der Waals surface area contributed by atoms with Crippen LogP contribution in [0.2, 0.25) is 0 Å². The van der Waals surface area contributed by atoms with Crippen molar-refractivity contribution in [3.8, 4) is 5.75 Å². The predicted molar refractivity (Wildman–Crippen MR) is 148 cm³/mol. The first kappa shape index (κ1) is 26.7. The van der Waals surface area contributed by atoms with Gasteiger partial charge in [-0.05, 0) is 76.9 Å². The molecule has 0 aliphatic rings. The zero-order chi connectivity index (χ0) is 25.0. The quantitative estimate of drug-likeness (QED) is 0.225. The van der Waals surface area contributed by atoms with Crippen LogP contribution >= 0.6 is 22.6 Å². The van der Waals surface area contributed by atoms with Gasteiger partial charge in [-0.2, -0.15) is 0 Å². The van der Waals surface area contributed by atoms with Crippen molar-refractivity contribution in [1.29, 1.82) is 0 Å². The summed E-state index contributed by atoms with van der Waals surface area (Å²) in [4.78, 5) is 28.7. The van der Waals surface area contributed by atoms with E-state index in [4.69, 9.17) is 4.74 Å². The van der Waals surface area contributed by atoms with Crippen LogP contribution in [0.1, 0.15) is 36.5 Å². The fourth-order valence-corrected chi connectivity index (χ4v) is 4.15. The van der Waals surface area contributed by atoms with Crippen LogP contribution in [0.4, 0.5) is 0 Å². The molecule has 0 saturated carbocycles. The molecular formula is C29H33IN2O3. The van der Waals surface area contributed by atoms with Gasteiger partial charge in [-0.3, -0.25) is 9.59 Å². The molecule has 3 aromatic rings. The van der Waals surface area contributed by atoms with E-state index in [1.54, 1.807) is 4.90 Å². The summed E-state index contributed by atoms with van der Waals surface area (Å²) in [6.07, 6.45) is 2.31. The third kappa shape index (κ3) is 8.38. The summed E-state index contributed by atoms with van der Waals surface area (Å²) >= 11 is 2.23. The fraction of sp³-hybridized carbons (Fsp3) is 0.310. The molecule has 0 aliphatic heterocycles. The maximum absolute atomic E-state index is 13.6. The van der Waals surface area contributed by atoms with E-state index >= 15 is 0 Å². The lowest BCUT2D eigenvalue weighted by molar-refractivity contribution is -0.142. The summed E-state index contributed by atoms with van der Waals surface area (Å²) in [7, 11) is 0. The molecule has 0 bridgehead atoms. The van der Waals surface area contributed by atoms with Crippen molar-refractivity contribution in [3.05, 3.63) is 99.1 Å². The second-order valence-corrected chi connectivity index (χ2v) is 9.79. The monoisotopic (exact) mass is 584 g/mol. The Morgan fingerprint density at radius 2 is 1.66 bits per heavy atom. The van der Waals surface area contributed by atoms with Crippen molar-refractivity contribution in [2.24, 2.45) is 0 Å². The van der Waals surface area contributed by atoms with E-state index in [-0.39, 0.29) is 18.4 Å². The Kier molecular flexibility index (Phi) is 10.6. The summed E-state index contributed by atoms with van der Waals surface area (Å²) in [6, 6.07) is 24.7. The van der Waals surface area contributed by atoms with Crippen molar-refractivity contribution in [2.75, 3.05) is 13.2 Å². The maximum Gasteiger partial charge on any atom is 0.261 e. The van der Waals surface area contributed by atoms with Crippen LogP contribution in [0.5, 0.6) is 5.75 Å². The molecule has 0 radical (unpaired) electrons. The Morgan fingerprint density at radius 3 is 2.34 bits per heavy atom. The SMILES string of the molecule is CCCCNC(=O)[C@H](Cc1ccccc1)N(Cc1ccccc1C)C(=O)COc1ccc(I)cc1. The molecule has 0 aromatic heterocycles. The minimum Gasteiger partial charge on any atom is -0.484 e. The highest BCUT2D eigenvalue weighted by Crippen LogP contribution is 2.18. The van der Waals surface area contributed by atoms with Gasteiger partial charge in [0.15, 0.2) is 6.61 Å². The minimum atomic E-state index is -0.651. The zero-order valence-electron chi connectivity index (χ0n) is 20.4. The van der Waals surface area contributed by atoms with Crippen molar-refractivity contribution >= 4 is 34.4 Å². The molecule has 0 heterocycles. The lowest BCUT2D eigenvalue weighted by Gasteiger charge is -2.32. The molecule has 0 spiro atoms. The Balaban J connectivity index is 1.88. The van der Waals surface area contributed by atoms with Crippen LogP contribution in [-0.4, -0.2) is 35.9 Å². The Hall–Kier alpha value is -2.87. The van der Waals surface area contributed by atoms with Gasteiger partial charge in [0.1, 0.15) is 11.8 Å². The first-order valence-electron chi connectivity index (χ1n) is 12.0. The van der Waals surface area contributed by atoms with E-state index in [2.05, 4.69) is 34.8 Å². The normalized spacial score (nSPS) is 11.5. The standard InChI is InChI=1S/C29H33IN2O3/c1-3-4-18-31-29(34)27(19-23-11-6-5-7-12-23)32(20-24-13-9-8-10-22(24)2)28(33)21-35-26-16-14-25(30)15-17-26/h5-17,27H,3-4,18-21H2,1-2H3,(H,31,34)/t27-/m0/s1. The minimum absolute atomic E-state index is 0.139. The molecule has 0 fully saturated rings. The second-order valence-electron chi connectivity index (χ2n) is 8.54. The van der Waals surface area contributed by atoms with E-state index in [0.29, 0.717) is 25.3 Å². The smallest absolute Gasteiger partial charge is 0.261 e. The summed E-state index contributed by atoms with van der Waals surface area (Å²) in [6.45, 7) is 4.89. The van der Waals surface area contributed by atoms with Gasteiger partial charge < -0.3 is 15.0 Å². The number of carbonyl (C=O) groups excluding carboxylic acids is 2. The van der Waals surface area contributed by atoms with Crippen LogP contribution < -0.4 is 10.1 Å². The first-order valence-corrected chi connectivity index (χ1v) is 13.1. The third-order valence-electron chi connectivity index (χ3n) is 5.88. The first-order chi connectivity index (χ1) is 17.0. The average Bonchev–Trinajstić information content (AvgIpc) is 2.87. The number of halogens is 1. The number of ether oxygens (including phenoxy) is 1. The molecule has 184 valence electrons. The number of hydrogen-bond acceptors (Lipinski definition) is 3. The number of carbonyl (C=O) groups is 2. The molecule has 1 atom stereocenters. The van der Waals surface area contributed by atoms with Gasteiger partial charge in [0.2, 0.25) is 5.91 Å². The lowest BCUT2D eigenvalue weighted by atomic mass is 10.0. The molecular weight excluding hydrogens is 551 g/mol. The van der Waals surface area contributed by atoms with Crippen molar-refractivity contribution in [1.82, 2.24) is 10.2 Å². The van der Waals surface area contributed by atoms with Crippen molar-refractivity contribution in [2.45, 2.75) is 45.7 Å². The largest absolute Gasteiger partial charge is 0.484 e. The molecule has 2 amide bonds. The molecule has 6 heteroatoms. The summed E-state index contributed by atoms with van der Waals surface area (Å²) in [5.41, 5.74) is 3.09. The topological polar surface area (TPSA) is 58.6 Å². The molecule has 1 N–H and O–H groups in total. The number of amides is 2. The lowest BCUT2D eigenvalue weighted by Crippen LogP contribution is -2.52. The van der Waals surface area contributed by atoms with Gasteiger partial charge in [0.25, 0.3) is 5.91 Å². The number of nitrogens with one attached hydrogen (secondary N) is 1. The molecule has 35 heavy (non-hydrogen) atoms. The molecule has 3 aromatic carbocycles. The summed E-state index contributed by atoms with van der Waals surface area (Å²) < 4.78 is 6.92. The number of benzene rings is 3. The van der Waals surface area contributed by atoms with Crippen LogP contribution in [0.25, 0.3) is 0 Å². The van der Waals surface area contributed by atoms with Crippen LogP contribution in [0.3, 0.4) is 0 Å². The van der Waals surface area contributed by atoms with Crippen LogP contribution in [-0.2, 0) is 22.6 Å². The summed E-state index contributed by atoms with van der Waals surface area (Å²) in [5.74, 6) is 0.262. The highest BCUT2D eigenvalue weighted by molar-refractivity contribution is 14.1. The Labute approximate surface area is 222 Å². The van der Waals surface area contributed by atoms with Gasteiger partial charge in [-0.25, -0.2) is 0 Å². The van der Waals surface area contributed by atoms with E-state index in [0.717, 1.165) is 33.1 Å². The molecule has 0 aliphatic carbocycles. The predicted octanol–water partition coefficient (Wildman–Crippen LogP) is 5.53. The van der Waals surface area contributed by atoms with Gasteiger partial charge in [0.05, 0.1) is 0 Å². The number of rotatable bonds is 12. The zero-order valence-corrected chi connectivity index (χ0v) is 22.5. The van der Waals surface area contributed by atoms with E-state index in [9.17, 15) is 9.59 Å². The number of aryl methyl sites for hydroxylation is 1. The van der Waals surface area contributed by atoms with Crippen LogP contribution in [0.15, 0.2) is 78.9 Å². The van der Waals surface area contributed by atoms with Gasteiger partial charge in [0, 0.05) is 23.1 Å². The fourth-order valence-electron chi connectivity index (χ4n) is 3.79. The molecule has 0 saturated heterocycles. The third-order valence-corrected chi connectivity index (χ3v) is 6.60. The van der Waals surface area contributed by atoms with Crippen molar-refractivity contribution < 1.29 is 14.3 Å². The summed E-state index contributed by atoms with van der Waals surface area (Å²) in [5, 5.41) is 3.05. The van der Waals surface area contributed by atoms with Gasteiger partial charge in [-0.15, -0.1) is 0 Å². The second kappa shape index (κ2) is 13.9. The van der Waals surface area contributed by atoms with Gasteiger partial charge >= 0.3 is 0 Å². The highest BCUT2D eigenvalue weighted by atomic mass is 127. The Morgan fingerprint density at radius 1 is 0.971 bits per heavy atom. The van der Waals surface area contributed by atoms with Crippen LogP contribution in [0, 0.1) is 10.5 Å². The maximum atomic E-state index is 13.6. The van der Waals surface area contributed by atoms with Crippen molar-refractivity contribution in [3.63, 3.8) is 0 Å². The number of nitrogens with zero attached hydrogens (tertiary/aromatic N) is 1. The van der Waals surface area contributed by atoms with Gasteiger partial charge in [-0.1, -0.05) is 67.9 Å². The number of unbranched alkanes of at least 4 members (excludes halogenated alkanes) is 1. The number of hydrogen-bond donors (Lipinski definition) is 1. The highest BCUT2D eigenvalue weighted by Gasteiger charge is 2.30. The molecule has 5 nitrogen and oxygen atoms in total.